The van der Waals surface area contributed by atoms with Gasteiger partial charge in [-0.25, -0.2) is 0 Å². The number of hydrogen-bond acceptors (Lipinski definition) is 3. The van der Waals surface area contributed by atoms with Crippen LogP contribution in [-0.4, -0.2) is 25.0 Å². The highest BCUT2D eigenvalue weighted by molar-refractivity contribution is 6.05. The van der Waals surface area contributed by atoms with Gasteiger partial charge in [-0.3, -0.25) is 14.5 Å². The topological polar surface area (TPSA) is 58.6 Å². The molecule has 0 fully saturated rings. The summed E-state index contributed by atoms with van der Waals surface area (Å²) >= 11 is 0. The highest BCUT2D eigenvalue weighted by Crippen LogP contribution is 2.32. The number of amides is 2. The van der Waals surface area contributed by atoms with Gasteiger partial charge >= 0.3 is 0 Å². The van der Waals surface area contributed by atoms with E-state index in [0.717, 1.165) is 16.8 Å². The summed E-state index contributed by atoms with van der Waals surface area (Å²) in [5.74, 6) is 0.478. The zero-order valence-electron chi connectivity index (χ0n) is 14.7. The number of rotatable bonds is 4. The minimum absolute atomic E-state index is 0.0366. The smallest absolute Gasteiger partial charge is 0.265 e. The van der Waals surface area contributed by atoms with Crippen molar-refractivity contribution in [1.82, 2.24) is 0 Å². The van der Waals surface area contributed by atoms with Gasteiger partial charge in [0, 0.05) is 5.69 Å². The fourth-order valence-electron chi connectivity index (χ4n) is 2.93. The Kier molecular flexibility index (Phi) is 4.74. The van der Waals surface area contributed by atoms with E-state index < -0.39 is 0 Å². The van der Waals surface area contributed by atoms with Crippen molar-refractivity contribution >= 4 is 23.2 Å². The molecular formula is C20H22N2O3. The number of fused-ring (bicyclic) bond motifs is 1. The van der Waals surface area contributed by atoms with Crippen LogP contribution in [0.15, 0.2) is 42.5 Å². The molecule has 0 spiro atoms. The van der Waals surface area contributed by atoms with E-state index in [0.29, 0.717) is 17.4 Å². The first kappa shape index (κ1) is 17.0. The molecule has 0 saturated carbocycles. The lowest BCUT2D eigenvalue weighted by Gasteiger charge is -2.29. The molecule has 1 heterocycles. The van der Waals surface area contributed by atoms with Crippen molar-refractivity contribution in [2.75, 3.05) is 23.4 Å². The molecule has 0 saturated heterocycles. The van der Waals surface area contributed by atoms with Crippen molar-refractivity contribution < 1.29 is 14.3 Å². The van der Waals surface area contributed by atoms with Crippen LogP contribution in [0, 0.1) is 6.92 Å². The van der Waals surface area contributed by atoms with E-state index in [1.54, 1.807) is 0 Å². The van der Waals surface area contributed by atoms with E-state index in [1.807, 2.05) is 49.4 Å². The third kappa shape index (κ3) is 3.65. The van der Waals surface area contributed by atoms with Crippen molar-refractivity contribution in [3.05, 3.63) is 53.6 Å². The molecule has 2 amide bonds. The molecule has 2 aromatic rings. The van der Waals surface area contributed by atoms with Crippen molar-refractivity contribution in [2.45, 2.75) is 26.7 Å². The van der Waals surface area contributed by atoms with Gasteiger partial charge in [-0.1, -0.05) is 38.1 Å². The maximum absolute atomic E-state index is 12.5. The number of benzene rings is 2. The van der Waals surface area contributed by atoms with Crippen molar-refractivity contribution in [2.24, 2.45) is 0 Å². The summed E-state index contributed by atoms with van der Waals surface area (Å²) in [6.07, 6.45) is 0. The predicted octanol–water partition coefficient (Wildman–Crippen LogP) is 3.48. The van der Waals surface area contributed by atoms with Crippen LogP contribution in [0.2, 0.25) is 0 Å². The molecule has 0 atom stereocenters. The summed E-state index contributed by atoms with van der Waals surface area (Å²) in [5.41, 5.74) is 3.50. The first-order chi connectivity index (χ1) is 12.0. The number of hydrogen-bond donors (Lipinski definition) is 1. The van der Waals surface area contributed by atoms with Gasteiger partial charge in [0.15, 0.2) is 6.61 Å². The second-order valence-electron chi connectivity index (χ2n) is 6.53. The largest absolute Gasteiger partial charge is 0.482 e. The van der Waals surface area contributed by atoms with Gasteiger partial charge in [-0.05, 0) is 42.2 Å². The van der Waals surface area contributed by atoms with Crippen molar-refractivity contribution in [1.29, 1.82) is 0 Å². The molecule has 0 aromatic heterocycles. The van der Waals surface area contributed by atoms with Gasteiger partial charge in [-0.15, -0.1) is 0 Å². The zero-order valence-corrected chi connectivity index (χ0v) is 14.7. The van der Waals surface area contributed by atoms with E-state index in [9.17, 15) is 9.59 Å². The first-order valence-electron chi connectivity index (χ1n) is 8.38. The van der Waals surface area contributed by atoms with Crippen LogP contribution in [-0.2, 0) is 9.59 Å². The molecule has 3 rings (SSSR count). The summed E-state index contributed by atoms with van der Waals surface area (Å²) in [4.78, 5) is 26.3. The van der Waals surface area contributed by atoms with Gasteiger partial charge in [0.05, 0.1) is 5.69 Å². The molecule has 25 heavy (non-hydrogen) atoms. The second kappa shape index (κ2) is 6.97. The molecule has 0 unspecified atom stereocenters. The van der Waals surface area contributed by atoms with Crippen LogP contribution in [0.25, 0.3) is 0 Å². The summed E-state index contributed by atoms with van der Waals surface area (Å²) in [6, 6.07) is 13.3. The number of aryl methyl sites for hydroxylation is 1. The molecule has 1 N–H and O–H groups in total. The Hall–Kier alpha value is -2.82. The van der Waals surface area contributed by atoms with Gasteiger partial charge in [0.1, 0.15) is 12.3 Å². The highest BCUT2D eigenvalue weighted by atomic mass is 16.5. The Morgan fingerprint density at radius 2 is 2.00 bits per heavy atom. The molecular weight excluding hydrogens is 316 g/mol. The summed E-state index contributed by atoms with van der Waals surface area (Å²) in [7, 11) is 0. The molecule has 2 aromatic carbocycles. The fraction of sp³-hybridized carbons (Fsp3) is 0.300. The first-order valence-corrected chi connectivity index (χ1v) is 8.38. The number of nitrogens with zero attached hydrogens (tertiary/aromatic N) is 1. The van der Waals surface area contributed by atoms with Gasteiger partial charge in [0.2, 0.25) is 5.91 Å². The molecule has 0 radical (unpaired) electrons. The van der Waals surface area contributed by atoms with Gasteiger partial charge in [-0.2, -0.15) is 0 Å². The third-order valence-electron chi connectivity index (χ3n) is 4.22. The molecule has 0 bridgehead atoms. The fourth-order valence-corrected chi connectivity index (χ4v) is 2.93. The standard InChI is InChI=1S/C20H22N2O3/c1-13(2)15-6-4-5-7-16(15)21-19(23)11-22-17-10-14(3)8-9-18(17)25-12-20(22)24/h4-10,13H,11-12H2,1-3H3,(H,21,23). The van der Waals surface area contributed by atoms with Crippen LogP contribution in [0.5, 0.6) is 5.75 Å². The van der Waals surface area contributed by atoms with E-state index >= 15 is 0 Å². The molecule has 0 aliphatic carbocycles. The lowest BCUT2D eigenvalue weighted by atomic mass is 10.0. The van der Waals surface area contributed by atoms with E-state index in [4.69, 9.17) is 4.74 Å². The van der Waals surface area contributed by atoms with Crippen LogP contribution in [0.4, 0.5) is 11.4 Å². The van der Waals surface area contributed by atoms with E-state index in [2.05, 4.69) is 19.2 Å². The van der Waals surface area contributed by atoms with Gasteiger partial charge in [0.25, 0.3) is 5.91 Å². The quantitative estimate of drug-likeness (QED) is 0.928. The van der Waals surface area contributed by atoms with Crippen molar-refractivity contribution in [3.63, 3.8) is 0 Å². The van der Waals surface area contributed by atoms with Crippen LogP contribution < -0.4 is 15.0 Å². The maximum atomic E-state index is 12.5. The molecule has 1 aliphatic heterocycles. The molecule has 5 nitrogen and oxygen atoms in total. The number of nitrogens with one attached hydrogen (secondary N) is 1. The Morgan fingerprint density at radius 3 is 2.76 bits per heavy atom. The number of carbonyl (C=O) groups excluding carboxylic acids is 2. The van der Waals surface area contributed by atoms with Crippen LogP contribution >= 0.6 is 0 Å². The number of ether oxygens (including phenoxy) is 1. The number of anilines is 2. The SMILES string of the molecule is Cc1ccc2c(c1)N(CC(=O)Nc1ccccc1C(C)C)C(=O)CO2. The molecule has 5 heteroatoms. The zero-order chi connectivity index (χ0) is 18.0. The second-order valence-corrected chi connectivity index (χ2v) is 6.53. The molecule has 130 valence electrons. The Bertz CT molecular complexity index is 814. The Balaban J connectivity index is 1.80. The Morgan fingerprint density at radius 1 is 1.24 bits per heavy atom. The van der Waals surface area contributed by atoms with Crippen LogP contribution in [0.3, 0.4) is 0 Å². The van der Waals surface area contributed by atoms with E-state index in [1.165, 1.54) is 4.90 Å². The lowest BCUT2D eigenvalue weighted by molar-refractivity contribution is -0.123. The monoisotopic (exact) mass is 338 g/mol. The average molecular weight is 338 g/mol. The summed E-state index contributed by atoms with van der Waals surface area (Å²) in [5, 5.41) is 2.93. The number of para-hydroxylation sites is 1. The highest BCUT2D eigenvalue weighted by Gasteiger charge is 2.27. The number of carbonyl (C=O) groups is 2. The minimum Gasteiger partial charge on any atom is -0.482 e. The van der Waals surface area contributed by atoms with E-state index in [-0.39, 0.29) is 25.0 Å². The normalized spacial score (nSPS) is 13.4. The van der Waals surface area contributed by atoms with Crippen LogP contribution in [0.1, 0.15) is 30.9 Å². The molecule has 1 aliphatic rings. The van der Waals surface area contributed by atoms with Crippen molar-refractivity contribution in [3.8, 4) is 5.75 Å². The van der Waals surface area contributed by atoms with Gasteiger partial charge < -0.3 is 10.1 Å². The average Bonchev–Trinajstić information content (AvgIpc) is 2.58. The lowest BCUT2D eigenvalue weighted by Crippen LogP contribution is -2.43. The third-order valence-corrected chi connectivity index (χ3v) is 4.22. The minimum atomic E-state index is -0.226. The maximum Gasteiger partial charge on any atom is 0.265 e. The summed E-state index contributed by atoms with van der Waals surface area (Å²) in [6.45, 7) is 6.01. The summed E-state index contributed by atoms with van der Waals surface area (Å²) < 4.78 is 5.45. The Labute approximate surface area is 147 Å². The predicted molar refractivity (Wildman–Crippen MR) is 98.2 cm³/mol.